The molecule has 1 aliphatic carbocycles. The summed E-state index contributed by atoms with van der Waals surface area (Å²) < 4.78 is 0.574. The van der Waals surface area contributed by atoms with E-state index in [0.717, 1.165) is 0 Å². The lowest BCUT2D eigenvalue weighted by Crippen LogP contribution is -2.61. The lowest BCUT2D eigenvalue weighted by atomic mass is 9.89. The van der Waals surface area contributed by atoms with Crippen molar-refractivity contribution in [3.8, 4) is 0 Å². The number of hydrogen-bond acceptors (Lipinski definition) is 3. The van der Waals surface area contributed by atoms with Crippen molar-refractivity contribution in [2.75, 3.05) is 32.4 Å². The van der Waals surface area contributed by atoms with Gasteiger partial charge < -0.3 is 5.32 Å². The van der Waals surface area contributed by atoms with E-state index in [1.165, 1.54) is 64.7 Å². The van der Waals surface area contributed by atoms with Gasteiger partial charge in [0.1, 0.15) is 0 Å². The van der Waals surface area contributed by atoms with Gasteiger partial charge in [-0.2, -0.15) is 11.8 Å². The predicted molar refractivity (Wildman–Crippen MR) is 82.5 cm³/mol. The Bertz CT molecular complexity index is 257. The van der Waals surface area contributed by atoms with Gasteiger partial charge in [0.25, 0.3) is 0 Å². The van der Waals surface area contributed by atoms with Gasteiger partial charge in [-0.3, -0.25) is 4.90 Å². The third kappa shape index (κ3) is 3.05. The first kappa shape index (κ1) is 14.7. The fourth-order valence-corrected chi connectivity index (χ4v) is 4.76. The maximum Gasteiger partial charge on any atom is 0.0304 e. The van der Waals surface area contributed by atoms with Crippen molar-refractivity contribution < 1.29 is 0 Å². The number of nitrogens with zero attached hydrogens (tertiary/aromatic N) is 1. The van der Waals surface area contributed by atoms with E-state index in [2.05, 4.69) is 42.1 Å². The van der Waals surface area contributed by atoms with Crippen LogP contribution in [0.1, 0.15) is 52.4 Å². The molecule has 0 aromatic carbocycles. The number of hydrogen-bond donors (Lipinski definition) is 1. The van der Waals surface area contributed by atoms with E-state index >= 15 is 0 Å². The van der Waals surface area contributed by atoms with Crippen LogP contribution in [0.25, 0.3) is 0 Å². The molecule has 0 spiro atoms. The Morgan fingerprint density at radius 3 is 2.39 bits per heavy atom. The minimum atomic E-state index is 0.385. The van der Waals surface area contributed by atoms with Crippen LogP contribution in [0.5, 0.6) is 0 Å². The minimum Gasteiger partial charge on any atom is -0.309 e. The van der Waals surface area contributed by atoms with Gasteiger partial charge in [0, 0.05) is 36.5 Å². The van der Waals surface area contributed by atoms with E-state index in [1.54, 1.807) is 0 Å². The van der Waals surface area contributed by atoms with Crippen molar-refractivity contribution in [1.29, 1.82) is 0 Å². The van der Waals surface area contributed by atoms with E-state index in [1.807, 2.05) is 0 Å². The third-order valence-electron chi connectivity index (χ3n) is 5.27. The van der Waals surface area contributed by atoms with E-state index in [-0.39, 0.29) is 0 Å². The zero-order valence-corrected chi connectivity index (χ0v) is 13.2. The Labute approximate surface area is 117 Å². The Balaban J connectivity index is 1.96. The molecule has 2 aliphatic rings. The Hall–Kier alpha value is 0.270. The molecule has 0 aromatic heterocycles. The molecule has 2 nitrogen and oxygen atoms in total. The van der Waals surface area contributed by atoms with Crippen LogP contribution in [-0.2, 0) is 0 Å². The van der Waals surface area contributed by atoms with Crippen molar-refractivity contribution in [1.82, 2.24) is 10.2 Å². The average Bonchev–Trinajstić information content (AvgIpc) is 2.88. The Kier molecular flexibility index (Phi) is 5.01. The lowest BCUT2D eigenvalue weighted by Gasteiger charge is -2.45. The Morgan fingerprint density at radius 2 is 1.83 bits per heavy atom. The predicted octanol–water partition coefficient (Wildman–Crippen LogP) is 3.13. The molecular weight excluding hydrogens is 240 g/mol. The van der Waals surface area contributed by atoms with Gasteiger partial charge in [-0.1, -0.05) is 26.7 Å². The molecule has 0 aromatic rings. The standard InChI is InChI=1S/C15H30N2S/c1-4-14(5-2)12-17(11-10-16-14)13-15(18-3)8-6-7-9-15/h16H,4-13H2,1-3H3. The van der Waals surface area contributed by atoms with Gasteiger partial charge in [-0.05, 0) is 31.9 Å². The monoisotopic (exact) mass is 270 g/mol. The topological polar surface area (TPSA) is 15.3 Å². The second-order valence-corrected chi connectivity index (χ2v) is 7.49. The van der Waals surface area contributed by atoms with Gasteiger partial charge >= 0.3 is 0 Å². The maximum atomic E-state index is 3.77. The minimum absolute atomic E-state index is 0.385. The van der Waals surface area contributed by atoms with Crippen molar-refractivity contribution in [3.05, 3.63) is 0 Å². The molecule has 0 radical (unpaired) electrons. The highest BCUT2D eigenvalue weighted by molar-refractivity contribution is 8.00. The summed E-state index contributed by atoms with van der Waals surface area (Å²) in [5.41, 5.74) is 0.385. The summed E-state index contributed by atoms with van der Waals surface area (Å²) >= 11 is 2.13. The molecule has 0 amide bonds. The van der Waals surface area contributed by atoms with E-state index in [9.17, 15) is 0 Å². The summed E-state index contributed by atoms with van der Waals surface area (Å²) in [6.07, 6.45) is 10.6. The van der Waals surface area contributed by atoms with E-state index in [4.69, 9.17) is 0 Å². The molecule has 18 heavy (non-hydrogen) atoms. The fourth-order valence-electron chi connectivity index (χ4n) is 3.75. The second kappa shape index (κ2) is 6.15. The molecule has 0 unspecified atom stereocenters. The van der Waals surface area contributed by atoms with Gasteiger partial charge in [-0.25, -0.2) is 0 Å². The molecule has 1 saturated carbocycles. The molecule has 2 fully saturated rings. The second-order valence-electron chi connectivity index (χ2n) is 6.22. The zero-order chi connectivity index (χ0) is 13.1. The van der Waals surface area contributed by atoms with Crippen LogP contribution in [0, 0.1) is 0 Å². The van der Waals surface area contributed by atoms with Crippen LogP contribution < -0.4 is 5.32 Å². The van der Waals surface area contributed by atoms with Crippen molar-refractivity contribution in [2.45, 2.75) is 62.7 Å². The first-order chi connectivity index (χ1) is 8.67. The summed E-state index contributed by atoms with van der Waals surface area (Å²) in [7, 11) is 0. The summed E-state index contributed by atoms with van der Waals surface area (Å²) in [5.74, 6) is 0. The van der Waals surface area contributed by atoms with Gasteiger partial charge in [0.2, 0.25) is 0 Å². The summed E-state index contributed by atoms with van der Waals surface area (Å²) in [5, 5.41) is 3.77. The third-order valence-corrected chi connectivity index (χ3v) is 6.67. The molecular formula is C15H30N2S. The van der Waals surface area contributed by atoms with Crippen LogP contribution in [0.4, 0.5) is 0 Å². The Morgan fingerprint density at radius 1 is 1.17 bits per heavy atom. The number of rotatable bonds is 5. The average molecular weight is 270 g/mol. The van der Waals surface area contributed by atoms with Gasteiger partial charge in [0.15, 0.2) is 0 Å². The quantitative estimate of drug-likeness (QED) is 0.826. The smallest absolute Gasteiger partial charge is 0.0304 e. The summed E-state index contributed by atoms with van der Waals surface area (Å²) in [4.78, 5) is 2.74. The highest BCUT2D eigenvalue weighted by Crippen LogP contribution is 2.41. The van der Waals surface area contributed by atoms with Crippen molar-refractivity contribution in [2.24, 2.45) is 0 Å². The van der Waals surface area contributed by atoms with Gasteiger partial charge in [-0.15, -0.1) is 0 Å². The number of nitrogens with one attached hydrogen (secondary N) is 1. The molecule has 0 bridgehead atoms. The molecule has 1 heterocycles. The molecule has 0 atom stereocenters. The highest BCUT2D eigenvalue weighted by atomic mass is 32.2. The van der Waals surface area contributed by atoms with Crippen molar-refractivity contribution >= 4 is 11.8 Å². The SMILES string of the molecule is CCC1(CC)CN(CC2(SC)CCCC2)CCN1. The van der Waals surface area contributed by atoms with Crippen molar-refractivity contribution in [3.63, 3.8) is 0 Å². The molecule has 1 saturated heterocycles. The highest BCUT2D eigenvalue weighted by Gasteiger charge is 2.38. The van der Waals surface area contributed by atoms with E-state index < -0.39 is 0 Å². The van der Waals surface area contributed by atoms with Crippen LogP contribution in [0.3, 0.4) is 0 Å². The van der Waals surface area contributed by atoms with Crippen LogP contribution >= 0.6 is 11.8 Å². The lowest BCUT2D eigenvalue weighted by molar-refractivity contribution is 0.114. The molecule has 3 heteroatoms. The van der Waals surface area contributed by atoms with Crippen LogP contribution in [0.2, 0.25) is 0 Å². The molecule has 1 N–H and O–H groups in total. The largest absolute Gasteiger partial charge is 0.309 e. The normalized spacial score (nSPS) is 27.5. The number of thioether (sulfide) groups is 1. The summed E-state index contributed by atoms with van der Waals surface area (Å²) in [6.45, 7) is 9.65. The van der Waals surface area contributed by atoms with E-state index in [0.29, 0.717) is 10.3 Å². The summed E-state index contributed by atoms with van der Waals surface area (Å²) in [6, 6.07) is 0. The molecule has 1 aliphatic heterocycles. The number of piperazine rings is 1. The van der Waals surface area contributed by atoms with Gasteiger partial charge in [0.05, 0.1) is 0 Å². The zero-order valence-electron chi connectivity index (χ0n) is 12.4. The molecule has 2 rings (SSSR count). The van der Waals surface area contributed by atoms with Crippen LogP contribution in [0.15, 0.2) is 0 Å². The first-order valence-electron chi connectivity index (χ1n) is 7.70. The van der Waals surface area contributed by atoms with Crippen LogP contribution in [-0.4, -0.2) is 47.6 Å². The fraction of sp³-hybridized carbons (Fsp3) is 1.00. The first-order valence-corrected chi connectivity index (χ1v) is 8.92. The molecule has 106 valence electrons. The maximum absolute atomic E-state index is 3.77.